The van der Waals surface area contributed by atoms with Crippen molar-refractivity contribution in [1.29, 1.82) is 0 Å². The summed E-state index contributed by atoms with van der Waals surface area (Å²) in [5.74, 6) is 1.09. The Morgan fingerprint density at radius 3 is 2.92 bits per heavy atom. The van der Waals surface area contributed by atoms with Crippen molar-refractivity contribution in [1.82, 2.24) is 0 Å². The van der Waals surface area contributed by atoms with Gasteiger partial charge in [0.15, 0.2) is 5.78 Å². The van der Waals surface area contributed by atoms with Gasteiger partial charge >= 0.3 is 0 Å². The van der Waals surface area contributed by atoms with Crippen molar-refractivity contribution in [2.24, 2.45) is 17.6 Å². The Labute approximate surface area is 72.8 Å². The lowest BCUT2D eigenvalue weighted by Crippen LogP contribution is -2.33. The van der Waals surface area contributed by atoms with Crippen LogP contribution in [0.3, 0.4) is 0 Å². The van der Waals surface area contributed by atoms with Crippen molar-refractivity contribution < 1.29 is 4.79 Å². The molecular weight excluding hydrogens is 150 g/mol. The molecule has 0 aromatic carbocycles. The fourth-order valence-electron chi connectivity index (χ4n) is 2.43. The molecule has 0 aromatic heterocycles. The molecule has 0 amide bonds. The van der Waals surface area contributed by atoms with Crippen LogP contribution in [-0.4, -0.2) is 5.78 Å². The second-order valence-electron chi connectivity index (χ2n) is 3.91. The summed E-state index contributed by atoms with van der Waals surface area (Å²) in [4.78, 5) is 11.6. The largest absolute Gasteiger partial charge is 0.396 e. The first-order chi connectivity index (χ1) is 5.79. The van der Waals surface area contributed by atoms with E-state index in [1.807, 2.05) is 6.08 Å². The molecule has 0 radical (unpaired) electrons. The number of rotatable bonds is 0. The Morgan fingerprint density at radius 1 is 1.33 bits per heavy atom. The fourth-order valence-corrected chi connectivity index (χ4v) is 2.43. The van der Waals surface area contributed by atoms with Crippen LogP contribution >= 0.6 is 0 Å². The van der Waals surface area contributed by atoms with Gasteiger partial charge in [-0.05, 0) is 25.2 Å². The Hall–Kier alpha value is -0.790. The van der Waals surface area contributed by atoms with Crippen molar-refractivity contribution in [3.05, 3.63) is 11.8 Å². The summed E-state index contributed by atoms with van der Waals surface area (Å²) < 4.78 is 0. The van der Waals surface area contributed by atoms with Crippen molar-refractivity contribution in [2.45, 2.75) is 32.1 Å². The van der Waals surface area contributed by atoms with Crippen molar-refractivity contribution in [3.8, 4) is 0 Å². The van der Waals surface area contributed by atoms with E-state index in [1.54, 1.807) is 0 Å². The number of carbonyl (C=O) groups is 1. The van der Waals surface area contributed by atoms with Gasteiger partial charge in [0.05, 0.1) is 5.70 Å². The van der Waals surface area contributed by atoms with E-state index in [0.717, 1.165) is 12.8 Å². The van der Waals surface area contributed by atoms with Crippen LogP contribution in [-0.2, 0) is 4.79 Å². The first kappa shape index (κ1) is 7.84. The Morgan fingerprint density at radius 2 is 2.08 bits per heavy atom. The standard InChI is InChI=1S/C10H15NO/c11-9-6-5-7-3-1-2-4-8(7)10(9)12/h6-8H,1-5,11H2. The average molecular weight is 165 g/mol. The second kappa shape index (κ2) is 2.92. The van der Waals surface area contributed by atoms with Crippen LogP contribution in [0.25, 0.3) is 0 Å². The minimum atomic E-state index is 0.214. The third-order valence-electron chi connectivity index (χ3n) is 3.17. The van der Waals surface area contributed by atoms with Gasteiger partial charge < -0.3 is 5.73 Å². The molecule has 1 fully saturated rings. The third-order valence-corrected chi connectivity index (χ3v) is 3.17. The smallest absolute Gasteiger partial charge is 0.181 e. The number of hydrogen-bond acceptors (Lipinski definition) is 2. The quantitative estimate of drug-likeness (QED) is 0.592. The average Bonchev–Trinajstić information content (AvgIpc) is 2.12. The molecule has 2 aliphatic rings. The van der Waals surface area contributed by atoms with Crippen LogP contribution in [0.2, 0.25) is 0 Å². The fraction of sp³-hybridized carbons (Fsp3) is 0.700. The predicted octanol–water partition coefficient (Wildman–Crippen LogP) is 1.61. The number of Topliss-reactive ketones (excluding diaryl/α,β-unsaturated/α-hetero) is 1. The van der Waals surface area contributed by atoms with E-state index in [4.69, 9.17) is 5.73 Å². The van der Waals surface area contributed by atoms with Gasteiger partial charge in [-0.3, -0.25) is 4.79 Å². The summed E-state index contributed by atoms with van der Waals surface area (Å²) in [6, 6.07) is 0. The maximum Gasteiger partial charge on any atom is 0.181 e. The van der Waals surface area contributed by atoms with Gasteiger partial charge in [-0.15, -0.1) is 0 Å². The first-order valence-corrected chi connectivity index (χ1v) is 4.79. The van der Waals surface area contributed by atoms with Crippen LogP contribution < -0.4 is 5.73 Å². The molecule has 0 spiro atoms. The van der Waals surface area contributed by atoms with Crippen molar-refractivity contribution in [2.75, 3.05) is 0 Å². The molecular formula is C10H15NO. The SMILES string of the molecule is NC1=CCC2CCCCC2C1=O. The molecule has 1 saturated carbocycles. The zero-order valence-electron chi connectivity index (χ0n) is 7.25. The molecule has 2 aliphatic carbocycles. The van der Waals surface area contributed by atoms with Gasteiger partial charge in [-0.2, -0.15) is 0 Å². The zero-order valence-corrected chi connectivity index (χ0v) is 7.25. The highest BCUT2D eigenvalue weighted by molar-refractivity contribution is 5.97. The molecule has 2 unspecified atom stereocenters. The minimum absolute atomic E-state index is 0.214. The first-order valence-electron chi connectivity index (χ1n) is 4.79. The maximum atomic E-state index is 11.6. The summed E-state index contributed by atoms with van der Waals surface area (Å²) in [6.45, 7) is 0. The van der Waals surface area contributed by atoms with Crippen molar-refractivity contribution in [3.63, 3.8) is 0 Å². The molecule has 12 heavy (non-hydrogen) atoms. The van der Waals surface area contributed by atoms with Gasteiger partial charge in [0.25, 0.3) is 0 Å². The molecule has 0 heterocycles. The van der Waals surface area contributed by atoms with E-state index >= 15 is 0 Å². The number of allylic oxidation sites excluding steroid dienone is 2. The van der Waals surface area contributed by atoms with Gasteiger partial charge in [0, 0.05) is 5.92 Å². The Bertz CT molecular complexity index is 232. The lowest BCUT2D eigenvalue weighted by atomic mass is 9.72. The summed E-state index contributed by atoms with van der Waals surface area (Å²) in [7, 11) is 0. The van der Waals surface area contributed by atoms with Crippen LogP contribution in [0.15, 0.2) is 11.8 Å². The molecule has 2 N–H and O–H groups in total. The second-order valence-corrected chi connectivity index (χ2v) is 3.91. The lowest BCUT2D eigenvalue weighted by molar-refractivity contribution is -0.122. The van der Waals surface area contributed by atoms with Gasteiger partial charge in [0.1, 0.15) is 0 Å². The molecule has 66 valence electrons. The summed E-state index contributed by atoms with van der Waals surface area (Å²) in [5.41, 5.74) is 6.11. The molecule has 2 heteroatoms. The molecule has 2 rings (SSSR count). The van der Waals surface area contributed by atoms with E-state index < -0.39 is 0 Å². The van der Waals surface area contributed by atoms with Crippen LogP contribution in [0, 0.1) is 11.8 Å². The van der Waals surface area contributed by atoms with Gasteiger partial charge in [0.2, 0.25) is 0 Å². The van der Waals surface area contributed by atoms with Crippen molar-refractivity contribution >= 4 is 5.78 Å². The number of fused-ring (bicyclic) bond motifs is 1. The highest BCUT2D eigenvalue weighted by atomic mass is 16.1. The van der Waals surface area contributed by atoms with Crippen LogP contribution in [0.4, 0.5) is 0 Å². The maximum absolute atomic E-state index is 11.6. The zero-order chi connectivity index (χ0) is 8.55. The highest BCUT2D eigenvalue weighted by Gasteiger charge is 2.33. The number of carbonyl (C=O) groups excluding carboxylic acids is 1. The van der Waals surface area contributed by atoms with E-state index in [-0.39, 0.29) is 11.7 Å². The van der Waals surface area contributed by atoms with Gasteiger partial charge in [-0.25, -0.2) is 0 Å². The summed E-state index contributed by atoms with van der Waals surface area (Å²) in [6.07, 6.45) is 7.73. The minimum Gasteiger partial charge on any atom is -0.396 e. The van der Waals surface area contributed by atoms with E-state index in [9.17, 15) is 4.79 Å². The Balaban J connectivity index is 2.19. The topological polar surface area (TPSA) is 43.1 Å². The number of nitrogens with two attached hydrogens (primary N) is 1. The molecule has 0 bridgehead atoms. The normalized spacial score (nSPS) is 35.7. The molecule has 0 aromatic rings. The Kier molecular flexibility index (Phi) is 1.91. The molecule has 0 aliphatic heterocycles. The monoisotopic (exact) mass is 165 g/mol. The van der Waals surface area contributed by atoms with E-state index in [1.165, 1.54) is 19.3 Å². The summed E-state index contributed by atoms with van der Waals surface area (Å²) >= 11 is 0. The van der Waals surface area contributed by atoms with Crippen LogP contribution in [0.5, 0.6) is 0 Å². The van der Waals surface area contributed by atoms with E-state index in [0.29, 0.717) is 11.6 Å². The highest BCUT2D eigenvalue weighted by Crippen LogP contribution is 2.36. The number of ketones is 1. The molecule has 2 atom stereocenters. The predicted molar refractivity (Wildman–Crippen MR) is 47.3 cm³/mol. The third kappa shape index (κ3) is 1.15. The molecule has 0 saturated heterocycles. The lowest BCUT2D eigenvalue weighted by Gasteiger charge is -2.32. The van der Waals surface area contributed by atoms with Crippen LogP contribution in [0.1, 0.15) is 32.1 Å². The molecule has 2 nitrogen and oxygen atoms in total. The summed E-state index contributed by atoms with van der Waals surface area (Å²) in [5, 5.41) is 0. The van der Waals surface area contributed by atoms with Gasteiger partial charge in [-0.1, -0.05) is 18.9 Å². The van der Waals surface area contributed by atoms with E-state index in [2.05, 4.69) is 0 Å². The number of hydrogen-bond donors (Lipinski definition) is 1.